The lowest BCUT2D eigenvalue weighted by Crippen LogP contribution is -2.49. The largest absolute Gasteiger partial charge is 0.356 e. The van der Waals surface area contributed by atoms with Crippen LogP contribution in [-0.2, 0) is 0 Å². The summed E-state index contributed by atoms with van der Waals surface area (Å²) in [4.78, 5) is 11.1. The highest BCUT2D eigenvalue weighted by Gasteiger charge is 2.42. The van der Waals surface area contributed by atoms with Crippen LogP contribution < -0.4 is 15.5 Å². The summed E-state index contributed by atoms with van der Waals surface area (Å²) >= 11 is 6.20. The second-order valence-electron chi connectivity index (χ2n) is 7.39. The Morgan fingerprint density at radius 1 is 1.17 bits per heavy atom. The zero-order valence-electron chi connectivity index (χ0n) is 16.3. The first-order valence-electron chi connectivity index (χ1n) is 9.75. The Morgan fingerprint density at radius 2 is 1.97 bits per heavy atom. The van der Waals surface area contributed by atoms with Gasteiger partial charge in [-0.25, -0.2) is 9.37 Å². The average molecular weight is 530 g/mol. The van der Waals surface area contributed by atoms with Crippen molar-refractivity contribution in [2.24, 2.45) is 4.99 Å². The minimum atomic E-state index is -0.230. The molecule has 0 bridgehead atoms. The fraction of sp³-hybridized carbons (Fsp3) is 0.429. The third-order valence-corrected chi connectivity index (χ3v) is 5.85. The zero-order valence-corrected chi connectivity index (χ0v) is 19.4. The number of rotatable bonds is 4. The molecule has 156 valence electrons. The fourth-order valence-corrected chi connectivity index (χ4v) is 4.18. The lowest BCUT2D eigenvalue weighted by Gasteiger charge is -2.33. The van der Waals surface area contributed by atoms with Crippen LogP contribution in [-0.4, -0.2) is 43.2 Å². The molecule has 2 atom stereocenters. The third kappa shape index (κ3) is 5.31. The number of halogens is 3. The number of anilines is 1. The normalized spacial score (nSPS) is 22.0. The number of hydrogen-bond acceptors (Lipinski definition) is 3. The minimum Gasteiger partial charge on any atom is -0.356 e. The van der Waals surface area contributed by atoms with Crippen LogP contribution in [0.1, 0.15) is 30.7 Å². The summed E-state index contributed by atoms with van der Waals surface area (Å²) in [6.45, 7) is 1.92. The Balaban J connectivity index is 0.00000240. The van der Waals surface area contributed by atoms with Crippen molar-refractivity contribution < 1.29 is 4.39 Å². The SMILES string of the molecule is CN=C(NC1CCN(c2ccccn2)CC1)NC1CC1c1c(F)cccc1Cl.I. The van der Waals surface area contributed by atoms with Gasteiger partial charge < -0.3 is 15.5 Å². The highest BCUT2D eigenvalue weighted by atomic mass is 127. The summed E-state index contributed by atoms with van der Waals surface area (Å²) in [6.07, 6.45) is 4.73. The Morgan fingerprint density at radius 3 is 2.62 bits per heavy atom. The van der Waals surface area contributed by atoms with Gasteiger partial charge in [-0.3, -0.25) is 4.99 Å². The predicted molar refractivity (Wildman–Crippen MR) is 127 cm³/mol. The molecule has 2 N–H and O–H groups in total. The van der Waals surface area contributed by atoms with Crippen molar-refractivity contribution >= 4 is 47.4 Å². The van der Waals surface area contributed by atoms with Gasteiger partial charge in [0, 0.05) is 54.9 Å². The first-order chi connectivity index (χ1) is 13.7. The van der Waals surface area contributed by atoms with Gasteiger partial charge >= 0.3 is 0 Å². The van der Waals surface area contributed by atoms with E-state index >= 15 is 0 Å². The van der Waals surface area contributed by atoms with Crippen LogP contribution in [0, 0.1) is 5.82 Å². The molecule has 2 unspecified atom stereocenters. The summed E-state index contributed by atoms with van der Waals surface area (Å²) < 4.78 is 14.1. The second-order valence-corrected chi connectivity index (χ2v) is 7.80. The van der Waals surface area contributed by atoms with E-state index in [0.29, 0.717) is 16.6 Å². The quantitative estimate of drug-likeness (QED) is 0.354. The van der Waals surface area contributed by atoms with Gasteiger partial charge in [-0.2, -0.15) is 0 Å². The number of guanidine groups is 1. The second kappa shape index (κ2) is 9.93. The number of aliphatic imine (C=N–C) groups is 1. The molecule has 1 aliphatic heterocycles. The van der Waals surface area contributed by atoms with Gasteiger partial charge in [0.2, 0.25) is 0 Å². The monoisotopic (exact) mass is 529 g/mol. The summed E-state index contributed by atoms with van der Waals surface area (Å²) in [5.41, 5.74) is 0.612. The van der Waals surface area contributed by atoms with E-state index in [-0.39, 0.29) is 41.8 Å². The van der Waals surface area contributed by atoms with Crippen LogP contribution in [0.25, 0.3) is 0 Å². The van der Waals surface area contributed by atoms with Crippen LogP contribution in [0.4, 0.5) is 10.2 Å². The van der Waals surface area contributed by atoms with E-state index in [1.165, 1.54) is 6.07 Å². The lowest BCUT2D eigenvalue weighted by atomic mass is 10.1. The van der Waals surface area contributed by atoms with E-state index in [1.54, 1.807) is 19.2 Å². The molecule has 2 aromatic rings. The van der Waals surface area contributed by atoms with E-state index in [9.17, 15) is 4.39 Å². The van der Waals surface area contributed by atoms with Gasteiger partial charge in [0.15, 0.2) is 5.96 Å². The number of nitrogens with zero attached hydrogens (tertiary/aromatic N) is 3. The Hall–Kier alpha value is -1.61. The van der Waals surface area contributed by atoms with Gasteiger partial charge in [0.1, 0.15) is 11.6 Å². The summed E-state index contributed by atoms with van der Waals surface area (Å²) in [5.74, 6) is 1.67. The number of aromatic nitrogens is 1. The molecule has 2 aliphatic rings. The van der Waals surface area contributed by atoms with Crippen LogP contribution in [0.15, 0.2) is 47.6 Å². The molecule has 1 aromatic carbocycles. The molecule has 1 saturated heterocycles. The van der Waals surface area contributed by atoms with Crippen LogP contribution in [0.2, 0.25) is 5.02 Å². The van der Waals surface area contributed by atoms with Crippen molar-refractivity contribution in [3.63, 3.8) is 0 Å². The van der Waals surface area contributed by atoms with Gasteiger partial charge in [-0.15, -0.1) is 24.0 Å². The molecule has 0 amide bonds. The molecular formula is C21H26ClFIN5. The van der Waals surface area contributed by atoms with Crippen molar-refractivity contribution in [3.05, 3.63) is 59.0 Å². The molecule has 1 saturated carbocycles. The van der Waals surface area contributed by atoms with E-state index in [2.05, 4.69) is 31.6 Å². The summed E-state index contributed by atoms with van der Waals surface area (Å²) in [7, 11) is 1.77. The molecule has 0 radical (unpaired) electrons. The predicted octanol–water partition coefficient (Wildman–Crippen LogP) is 4.18. The number of pyridine rings is 1. The molecule has 29 heavy (non-hydrogen) atoms. The smallest absolute Gasteiger partial charge is 0.191 e. The fourth-order valence-electron chi connectivity index (χ4n) is 3.87. The first-order valence-corrected chi connectivity index (χ1v) is 10.1. The van der Waals surface area contributed by atoms with Crippen molar-refractivity contribution in [2.75, 3.05) is 25.0 Å². The highest BCUT2D eigenvalue weighted by molar-refractivity contribution is 14.0. The molecule has 4 rings (SSSR count). The molecule has 2 heterocycles. The van der Waals surface area contributed by atoms with E-state index < -0.39 is 0 Å². The zero-order chi connectivity index (χ0) is 19.5. The minimum absolute atomic E-state index is 0. The van der Waals surface area contributed by atoms with Crippen LogP contribution >= 0.6 is 35.6 Å². The molecule has 1 aliphatic carbocycles. The maximum absolute atomic E-state index is 14.1. The molecule has 0 spiro atoms. The highest BCUT2D eigenvalue weighted by Crippen LogP contribution is 2.44. The third-order valence-electron chi connectivity index (χ3n) is 5.52. The van der Waals surface area contributed by atoms with Crippen molar-refractivity contribution in [3.8, 4) is 0 Å². The molecular weight excluding hydrogens is 504 g/mol. The molecule has 8 heteroatoms. The average Bonchev–Trinajstić information content (AvgIpc) is 3.47. The maximum Gasteiger partial charge on any atom is 0.191 e. The number of piperidine rings is 1. The topological polar surface area (TPSA) is 52.6 Å². The lowest BCUT2D eigenvalue weighted by molar-refractivity contribution is 0.459. The summed E-state index contributed by atoms with van der Waals surface area (Å²) in [6, 6.07) is 11.4. The Kier molecular flexibility index (Phi) is 7.56. The van der Waals surface area contributed by atoms with E-state index in [1.807, 2.05) is 18.3 Å². The van der Waals surface area contributed by atoms with Gasteiger partial charge in [-0.1, -0.05) is 23.7 Å². The Labute approximate surface area is 193 Å². The standard InChI is InChI=1S/C21H25ClFN5.HI/c1-24-21(27-18-13-15(18)20-16(22)5-4-6-17(20)23)26-14-8-11-28(12-9-14)19-7-2-3-10-25-19;/h2-7,10,14-15,18H,8-9,11-13H2,1H3,(H2,24,26,27);1H. The Bertz CT molecular complexity index is 822. The number of nitrogens with one attached hydrogen (secondary N) is 2. The summed E-state index contributed by atoms with van der Waals surface area (Å²) in [5, 5.41) is 7.44. The van der Waals surface area contributed by atoms with E-state index in [4.69, 9.17) is 11.6 Å². The molecule has 5 nitrogen and oxygen atoms in total. The van der Waals surface area contributed by atoms with Crippen molar-refractivity contribution in [1.82, 2.24) is 15.6 Å². The van der Waals surface area contributed by atoms with E-state index in [0.717, 1.165) is 44.1 Å². The van der Waals surface area contributed by atoms with Crippen LogP contribution in [0.5, 0.6) is 0 Å². The van der Waals surface area contributed by atoms with Crippen LogP contribution in [0.3, 0.4) is 0 Å². The molecule has 1 aromatic heterocycles. The van der Waals surface area contributed by atoms with Gasteiger partial charge in [0.05, 0.1) is 0 Å². The van der Waals surface area contributed by atoms with Crippen molar-refractivity contribution in [1.29, 1.82) is 0 Å². The van der Waals surface area contributed by atoms with Crippen molar-refractivity contribution in [2.45, 2.75) is 37.3 Å². The van der Waals surface area contributed by atoms with Gasteiger partial charge in [-0.05, 0) is 43.5 Å². The molecule has 2 fully saturated rings. The maximum atomic E-state index is 14.1. The number of hydrogen-bond donors (Lipinski definition) is 2. The first kappa shape index (κ1) is 22.1. The van der Waals surface area contributed by atoms with Gasteiger partial charge in [0.25, 0.3) is 0 Å². The number of benzene rings is 1.